The van der Waals surface area contributed by atoms with Crippen LogP contribution in [0.2, 0.25) is 0 Å². The first kappa shape index (κ1) is 18.0. The molecule has 0 N–H and O–H groups in total. The molecule has 0 bridgehead atoms. The number of nitro groups is 1. The van der Waals surface area contributed by atoms with Crippen LogP contribution in [0.3, 0.4) is 0 Å². The van der Waals surface area contributed by atoms with Crippen molar-refractivity contribution in [2.24, 2.45) is 0 Å². The van der Waals surface area contributed by atoms with Gasteiger partial charge in [-0.15, -0.1) is 0 Å². The molecule has 3 rings (SSSR count). The van der Waals surface area contributed by atoms with Gasteiger partial charge in [-0.05, 0) is 30.2 Å². The molecule has 27 heavy (non-hydrogen) atoms. The summed E-state index contributed by atoms with van der Waals surface area (Å²) >= 11 is 0. The quantitative estimate of drug-likeness (QED) is 0.298. The van der Waals surface area contributed by atoms with Gasteiger partial charge in [-0.1, -0.05) is 18.2 Å². The maximum atomic E-state index is 12.1. The number of nitrogens with zero attached hydrogens (tertiary/aromatic N) is 3. The number of non-ortho nitro benzene ring substituents is 1. The number of fused-ring (bicyclic) bond motifs is 1. The van der Waals surface area contributed by atoms with Gasteiger partial charge < -0.3 is 4.74 Å². The first-order valence-corrected chi connectivity index (χ1v) is 8.00. The van der Waals surface area contributed by atoms with E-state index in [0.717, 1.165) is 11.6 Å². The van der Waals surface area contributed by atoms with Crippen molar-refractivity contribution in [2.75, 3.05) is 0 Å². The van der Waals surface area contributed by atoms with Gasteiger partial charge in [0.15, 0.2) is 0 Å². The molecule has 0 saturated heterocycles. The second-order valence-corrected chi connectivity index (χ2v) is 5.81. The van der Waals surface area contributed by atoms with Gasteiger partial charge in [0, 0.05) is 30.5 Å². The zero-order valence-corrected chi connectivity index (χ0v) is 14.4. The summed E-state index contributed by atoms with van der Waals surface area (Å²) in [5.74, 6) is -0.646. The summed E-state index contributed by atoms with van der Waals surface area (Å²) in [6, 6.07) is 10.7. The smallest absolute Gasteiger partial charge is 0.331 e. The van der Waals surface area contributed by atoms with Crippen LogP contribution in [0.5, 0.6) is 0 Å². The third-order valence-electron chi connectivity index (χ3n) is 3.72. The number of rotatable bonds is 5. The molecule has 8 nitrogen and oxygen atoms in total. The van der Waals surface area contributed by atoms with Crippen LogP contribution in [-0.4, -0.2) is 20.3 Å². The van der Waals surface area contributed by atoms with E-state index in [9.17, 15) is 19.7 Å². The molecular weight excluding hydrogens is 350 g/mol. The minimum atomic E-state index is -0.646. The molecule has 0 fully saturated rings. The fourth-order valence-electron chi connectivity index (χ4n) is 2.43. The van der Waals surface area contributed by atoms with Gasteiger partial charge >= 0.3 is 5.97 Å². The number of aromatic nitrogens is 2. The number of benzene rings is 1. The first-order chi connectivity index (χ1) is 12.9. The molecule has 0 amide bonds. The van der Waals surface area contributed by atoms with Crippen LogP contribution in [0.4, 0.5) is 5.69 Å². The number of aryl methyl sites for hydroxylation is 1. The highest BCUT2D eigenvalue weighted by Crippen LogP contribution is 2.14. The molecule has 3 aromatic rings. The fourth-order valence-corrected chi connectivity index (χ4v) is 2.43. The van der Waals surface area contributed by atoms with Gasteiger partial charge in [0.25, 0.3) is 11.2 Å². The van der Waals surface area contributed by atoms with E-state index in [1.54, 1.807) is 18.3 Å². The highest BCUT2D eigenvalue weighted by molar-refractivity contribution is 5.87. The summed E-state index contributed by atoms with van der Waals surface area (Å²) in [6.45, 7) is 1.72. The zero-order valence-electron chi connectivity index (χ0n) is 14.4. The Labute approximate surface area is 153 Å². The lowest BCUT2D eigenvalue weighted by Crippen LogP contribution is -2.16. The molecule has 0 aliphatic heterocycles. The third-order valence-corrected chi connectivity index (χ3v) is 3.72. The van der Waals surface area contributed by atoms with Gasteiger partial charge in [0.2, 0.25) is 0 Å². The average Bonchev–Trinajstić information content (AvgIpc) is 2.65. The molecule has 0 spiro atoms. The van der Waals surface area contributed by atoms with E-state index < -0.39 is 10.9 Å². The maximum Gasteiger partial charge on any atom is 0.331 e. The van der Waals surface area contributed by atoms with Crippen molar-refractivity contribution in [2.45, 2.75) is 13.5 Å². The summed E-state index contributed by atoms with van der Waals surface area (Å²) in [7, 11) is 0. The number of esters is 1. The van der Waals surface area contributed by atoms with E-state index in [4.69, 9.17) is 4.74 Å². The van der Waals surface area contributed by atoms with Crippen molar-refractivity contribution >= 4 is 23.4 Å². The number of hydrogen-bond donors (Lipinski definition) is 0. The van der Waals surface area contributed by atoms with Gasteiger partial charge in [-0.25, -0.2) is 9.78 Å². The molecule has 1 aromatic carbocycles. The lowest BCUT2D eigenvalue weighted by atomic mass is 10.2. The Morgan fingerprint density at radius 2 is 2.11 bits per heavy atom. The van der Waals surface area contributed by atoms with Crippen LogP contribution in [0, 0.1) is 17.0 Å². The van der Waals surface area contributed by atoms with Gasteiger partial charge in [0.1, 0.15) is 12.3 Å². The van der Waals surface area contributed by atoms with Crippen molar-refractivity contribution in [3.63, 3.8) is 0 Å². The van der Waals surface area contributed by atoms with Gasteiger partial charge in [0.05, 0.1) is 10.6 Å². The molecule has 0 saturated carbocycles. The first-order valence-electron chi connectivity index (χ1n) is 8.00. The third kappa shape index (κ3) is 4.43. The van der Waals surface area contributed by atoms with Gasteiger partial charge in [-0.3, -0.25) is 19.3 Å². The lowest BCUT2D eigenvalue weighted by molar-refractivity contribution is -0.384. The normalized spacial score (nSPS) is 11.0. The SMILES string of the molecule is Cc1ccc2nc(COC(=O)/C=C/c3cccc([N+](=O)[O-])c3)cc(=O)n2c1. The van der Waals surface area contributed by atoms with E-state index in [-0.39, 0.29) is 17.9 Å². The predicted octanol–water partition coefficient (Wildman–Crippen LogP) is 2.67. The Morgan fingerprint density at radius 1 is 1.30 bits per heavy atom. The number of hydrogen-bond acceptors (Lipinski definition) is 6. The summed E-state index contributed by atoms with van der Waals surface area (Å²) in [6.07, 6.45) is 4.26. The molecule has 2 heterocycles. The van der Waals surface area contributed by atoms with Crippen LogP contribution < -0.4 is 5.56 Å². The van der Waals surface area contributed by atoms with E-state index in [1.807, 2.05) is 13.0 Å². The van der Waals surface area contributed by atoms with Crippen LogP contribution >= 0.6 is 0 Å². The van der Waals surface area contributed by atoms with E-state index >= 15 is 0 Å². The standard InChI is InChI=1S/C19H15N3O5/c1-13-5-7-17-20-15(10-18(23)21(17)11-13)12-27-19(24)8-6-14-3-2-4-16(9-14)22(25)26/h2-11H,12H2,1H3/b8-6+. The Bertz CT molecular complexity index is 1120. The van der Waals surface area contributed by atoms with Crippen molar-refractivity contribution in [1.29, 1.82) is 0 Å². The Kier molecular flexibility index (Phi) is 5.07. The molecule has 0 radical (unpaired) electrons. The molecule has 8 heteroatoms. The van der Waals surface area contributed by atoms with Crippen molar-refractivity contribution < 1.29 is 14.5 Å². The van der Waals surface area contributed by atoms with E-state index in [1.165, 1.54) is 34.7 Å². The van der Waals surface area contributed by atoms with Crippen LogP contribution in [0.25, 0.3) is 11.7 Å². The fraction of sp³-hybridized carbons (Fsp3) is 0.105. The Morgan fingerprint density at radius 3 is 2.89 bits per heavy atom. The van der Waals surface area contributed by atoms with Crippen molar-refractivity contribution in [3.05, 3.63) is 92.0 Å². The van der Waals surface area contributed by atoms with E-state index in [0.29, 0.717) is 16.9 Å². The molecule has 2 aromatic heterocycles. The monoisotopic (exact) mass is 365 g/mol. The van der Waals surface area contributed by atoms with E-state index in [2.05, 4.69) is 4.98 Å². The molecule has 0 atom stereocenters. The number of nitro benzene ring substituents is 1. The predicted molar refractivity (Wildman–Crippen MR) is 98.1 cm³/mol. The van der Waals surface area contributed by atoms with Crippen LogP contribution in [-0.2, 0) is 16.1 Å². The van der Waals surface area contributed by atoms with Gasteiger partial charge in [-0.2, -0.15) is 0 Å². The molecule has 0 unspecified atom stereocenters. The van der Waals surface area contributed by atoms with Crippen LogP contribution in [0.1, 0.15) is 16.8 Å². The van der Waals surface area contributed by atoms with Crippen LogP contribution in [0.15, 0.2) is 59.5 Å². The summed E-state index contributed by atoms with van der Waals surface area (Å²) in [5, 5.41) is 10.7. The summed E-state index contributed by atoms with van der Waals surface area (Å²) in [4.78, 5) is 38.5. The molecule has 136 valence electrons. The van der Waals surface area contributed by atoms with Crippen molar-refractivity contribution in [3.8, 4) is 0 Å². The minimum absolute atomic E-state index is 0.0680. The maximum absolute atomic E-state index is 12.1. The Hall–Kier alpha value is -3.81. The highest BCUT2D eigenvalue weighted by Gasteiger charge is 2.06. The lowest BCUT2D eigenvalue weighted by Gasteiger charge is -2.05. The highest BCUT2D eigenvalue weighted by atomic mass is 16.6. The number of ether oxygens (including phenoxy) is 1. The average molecular weight is 365 g/mol. The topological polar surface area (TPSA) is 104 Å². The zero-order chi connectivity index (χ0) is 19.4. The Balaban J connectivity index is 1.68. The van der Waals surface area contributed by atoms with Crippen molar-refractivity contribution in [1.82, 2.24) is 9.38 Å². The largest absolute Gasteiger partial charge is 0.456 e. The second kappa shape index (κ2) is 7.61. The number of pyridine rings is 1. The summed E-state index contributed by atoms with van der Waals surface area (Å²) in [5.41, 5.74) is 1.89. The number of carbonyl (C=O) groups is 1. The second-order valence-electron chi connectivity index (χ2n) is 5.81. The number of carbonyl (C=O) groups excluding carboxylic acids is 1. The molecular formula is C19H15N3O5. The molecule has 0 aliphatic carbocycles. The summed E-state index contributed by atoms with van der Waals surface area (Å²) < 4.78 is 6.50. The molecule has 0 aliphatic rings. The minimum Gasteiger partial charge on any atom is -0.456 e.